The predicted octanol–water partition coefficient (Wildman–Crippen LogP) is 3.29. The Hall–Kier alpha value is -1.90. The molecule has 0 atom stereocenters. The van der Waals surface area contributed by atoms with Gasteiger partial charge in [0.25, 0.3) is 0 Å². The lowest BCUT2D eigenvalue weighted by atomic mass is 10.3. The smallest absolute Gasteiger partial charge is 0.240 e. The average molecular weight is 231 g/mol. The highest BCUT2D eigenvalue weighted by molar-refractivity contribution is 7.09. The Balaban J connectivity index is 1.97. The average Bonchev–Trinajstić information content (AvgIpc) is 2.82. The van der Waals surface area contributed by atoms with Gasteiger partial charge in [-0.15, -0.1) is 11.3 Å². The van der Waals surface area contributed by atoms with E-state index >= 15 is 0 Å². The molecule has 4 heteroatoms. The third kappa shape index (κ3) is 2.79. The van der Waals surface area contributed by atoms with Crippen molar-refractivity contribution in [2.24, 2.45) is 4.99 Å². The van der Waals surface area contributed by atoms with Gasteiger partial charge in [-0.05, 0) is 35.7 Å². The molecule has 0 unspecified atom stereocenters. The van der Waals surface area contributed by atoms with E-state index in [2.05, 4.69) is 4.99 Å². The van der Waals surface area contributed by atoms with Crippen LogP contribution in [-0.2, 0) is 11.4 Å². The number of rotatable bonds is 4. The zero-order chi connectivity index (χ0) is 11.2. The monoisotopic (exact) mass is 231 g/mol. The summed E-state index contributed by atoms with van der Waals surface area (Å²) >= 11 is 1.66. The number of carbonyl (C=O) groups excluding carboxylic acids is 1. The van der Waals surface area contributed by atoms with Gasteiger partial charge in [-0.1, -0.05) is 6.07 Å². The normalized spacial score (nSPS) is 9.50. The molecule has 0 spiro atoms. The standard InChI is InChI=1S/C12H9NO2S/c14-9-13-10-3-5-11(6-4-10)15-8-12-2-1-7-16-12/h1-7H,8H2. The largest absolute Gasteiger partial charge is 0.488 e. The molecule has 0 fully saturated rings. The molecule has 1 aromatic carbocycles. The van der Waals surface area contributed by atoms with E-state index in [1.54, 1.807) is 35.6 Å². The van der Waals surface area contributed by atoms with Crippen LogP contribution in [0.4, 0.5) is 5.69 Å². The van der Waals surface area contributed by atoms with E-state index in [0.29, 0.717) is 12.3 Å². The number of hydrogen-bond donors (Lipinski definition) is 0. The Morgan fingerprint density at radius 1 is 1.25 bits per heavy atom. The number of benzene rings is 1. The summed E-state index contributed by atoms with van der Waals surface area (Å²) in [7, 11) is 0. The molecule has 0 bridgehead atoms. The highest BCUT2D eigenvalue weighted by atomic mass is 32.1. The summed E-state index contributed by atoms with van der Waals surface area (Å²) in [4.78, 5) is 14.7. The second kappa shape index (κ2) is 5.26. The molecule has 1 heterocycles. The number of thiophene rings is 1. The van der Waals surface area contributed by atoms with Crippen molar-refractivity contribution in [2.45, 2.75) is 6.61 Å². The molecule has 2 rings (SSSR count). The van der Waals surface area contributed by atoms with Gasteiger partial charge in [-0.2, -0.15) is 4.99 Å². The van der Waals surface area contributed by atoms with Gasteiger partial charge in [-0.3, -0.25) is 0 Å². The van der Waals surface area contributed by atoms with Gasteiger partial charge in [0.15, 0.2) is 0 Å². The molecular formula is C12H9NO2S. The SMILES string of the molecule is O=C=Nc1ccc(OCc2cccs2)cc1. The minimum Gasteiger partial charge on any atom is -0.488 e. The Bertz CT molecular complexity index is 484. The van der Waals surface area contributed by atoms with Gasteiger partial charge in [0.05, 0.1) is 5.69 Å². The zero-order valence-electron chi connectivity index (χ0n) is 8.42. The van der Waals surface area contributed by atoms with E-state index in [1.807, 2.05) is 17.5 Å². The molecule has 0 aliphatic heterocycles. The van der Waals surface area contributed by atoms with Gasteiger partial charge in [0.1, 0.15) is 12.4 Å². The maximum atomic E-state index is 10.0. The van der Waals surface area contributed by atoms with Crippen molar-refractivity contribution in [1.82, 2.24) is 0 Å². The van der Waals surface area contributed by atoms with Crippen molar-refractivity contribution in [3.05, 3.63) is 46.7 Å². The van der Waals surface area contributed by atoms with Gasteiger partial charge >= 0.3 is 0 Å². The van der Waals surface area contributed by atoms with Crippen LogP contribution in [0.25, 0.3) is 0 Å². The van der Waals surface area contributed by atoms with Gasteiger partial charge in [-0.25, -0.2) is 4.79 Å². The van der Waals surface area contributed by atoms with E-state index in [4.69, 9.17) is 4.74 Å². The molecule has 1 aromatic heterocycles. The minimum absolute atomic E-state index is 0.563. The molecule has 3 nitrogen and oxygen atoms in total. The van der Waals surface area contributed by atoms with Crippen LogP contribution in [-0.4, -0.2) is 6.08 Å². The molecule has 0 aliphatic carbocycles. The maximum Gasteiger partial charge on any atom is 0.240 e. The Morgan fingerprint density at radius 2 is 2.06 bits per heavy atom. The predicted molar refractivity (Wildman–Crippen MR) is 62.9 cm³/mol. The van der Waals surface area contributed by atoms with Gasteiger partial charge < -0.3 is 4.74 Å². The van der Waals surface area contributed by atoms with Crippen molar-refractivity contribution < 1.29 is 9.53 Å². The molecule has 0 aliphatic rings. The molecule has 0 saturated carbocycles. The second-order valence-electron chi connectivity index (χ2n) is 3.07. The van der Waals surface area contributed by atoms with Crippen LogP contribution in [0, 0.1) is 0 Å². The highest BCUT2D eigenvalue weighted by Gasteiger charge is 1.96. The van der Waals surface area contributed by atoms with Crippen LogP contribution >= 0.6 is 11.3 Å². The quantitative estimate of drug-likeness (QED) is 0.598. The molecule has 80 valence electrons. The fourth-order valence-corrected chi connectivity index (χ4v) is 1.83. The molecule has 0 N–H and O–H groups in total. The lowest BCUT2D eigenvalue weighted by Crippen LogP contribution is -1.91. The zero-order valence-corrected chi connectivity index (χ0v) is 9.24. The fourth-order valence-electron chi connectivity index (χ4n) is 1.22. The number of ether oxygens (including phenoxy) is 1. The molecule has 2 aromatic rings. The lowest BCUT2D eigenvalue weighted by Gasteiger charge is -2.03. The highest BCUT2D eigenvalue weighted by Crippen LogP contribution is 2.19. The topological polar surface area (TPSA) is 38.7 Å². The molecule has 0 saturated heterocycles. The van der Waals surface area contributed by atoms with Crippen molar-refractivity contribution >= 4 is 23.1 Å². The first-order chi connectivity index (χ1) is 7.88. The first kappa shape index (κ1) is 10.6. The number of aliphatic imine (C=N–C) groups is 1. The first-order valence-electron chi connectivity index (χ1n) is 4.71. The van der Waals surface area contributed by atoms with Crippen LogP contribution < -0.4 is 4.74 Å². The maximum absolute atomic E-state index is 10.0. The van der Waals surface area contributed by atoms with Gasteiger partial charge in [0.2, 0.25) is 6.08 Å². The van der Waals surface area contributed by atoms with E-state index in [1.165, 1.54) is 11.0 Å². The summed E-state index contributed by atoms with van der Waals surface area (Å²) in [6.45, 7) is 0.563. The summed E-state index contributed by atoms with van der Waals surface area (Å²) in [5, 5.41) is 2.01. The Labute approximate surface area is 97.0 Å². The Kier molecular flexibility index (Phi) is 3.49. The fraction of sp³-hybridized carbons (Fsp3) is 0.0833. The Morgan fingerprint density at radius 3 is 2.69 bits per heavy atom. The van der Waals surface area contributed by atoms with Crippen molar-refractivity contribution in [2.75, 3.05) is 0 Å². The van der Waals surface area contributed by atoms with Gasteiger partial charge in [0, 0.05) is 4.88 Å². The van der Waals surface area contributed by atoms with Crippen molar-refractivity contribution in [1.29, 1.82) is 0 Å². The van der Waals surface area contributed by atoms with Crippen molar-refractivity contribution in [3.63, 3.8) is 0 Å². The molecule has 0 amide bonds. The second-order valence-corrected chi connectivity index (χ2v) is 4.10. The van der Waals surface area contributed by atoms with Crippen molar-refractivity contribution in [3.8, 4) is 5.75 Å². The summed E-state index contributed by atoms with van der Waals surface area (Å²) < 4.78 is 5.55. The first-order valence-corrected chi connectivity index (χ1v) is 5.59. The summed E-state index contributed by atoms with van der Waals surface area (Å²) in [6.07, 6.45) is 1.49. The molecule has 16 heavy (non-hydrogen) atoms. The van der Waals surface area contributed by atoms with E-state index in [-0.39, 0.29) is 0 Å². The number of hydrogen-bond acceptors (Lipinski definition) is 4. The van der Waals surface area contributed by atoms with Crippen LogP contribution in [0.2, 0.25) is 0 Å². The molecular weight excluding hydrogens is 222 g/mol. The molecule has 0 radical (unpaired) electrons. The van der Waals surface area contributed by atoms with E-state index < -0.39 is 0 Å². The summed E-state index contributed by atoms with van der Waals surface area (Å²) in [5.41, 5.74) is 0.582. The minimum atomic E-state index is 0.563. The third-order valence-corrected chi connectivity index (χ3v) is 2.82. The van der Waals surface area contributed by atoms with Crippen LogP contribution in [0.15, 0.2) is 46.8 Å². The van der Waals surface area contributed by atoms with Crippen LogP contribution in [0.3, 0.4) is 0 Å². The van der Waals surface area contributed by atoms with E-state index in [9.17, 15) is 4.79 Å². The lowest BCUT2D eigenvalue weighted by molar-refractivity contribution is 0.310. The third-order valence-electron chi connectivity index (χ3n) is 1.97. The summed E-state index contributed by atoms with van der Waals surface area (Å²) in [5.74, 6) is 0.762. The number of isocyanates is 1. The van der Waals surface area contributed by atoms with Crippen LogP contribution in [0.1, 0.15) is 4.88 Å². The van der Waals surface area contributed by atoms with Crippen LogP contribution in [0.5, 0.6) is 5.75 Å². The van der Waals surface area contributed by atoms with E-state index in [0.717, 1.165) is 5.75 Å². The summed E-state index contributed by atoms with van der Waals surface area (Å²) in [6, 6.07) is 11.0. The number of nitrogens with zero attached hydrogens (tertiary/aromatic N) is 1.